The first-order chi connectivity index (χ1) is 14.4. The molecule has 0 spiro atoms. The molecule has 0 aliphatic carbocycles. The molecule has 0 aliphatic heterocycles. The first-order valence-corrected chi connectivity index (χ1v) is 9.90. The largest absolute Gasteiger partial charge is 0.493 e. The summed E-state index contributed by atoms with van der Waals surface area (Å²) in [6.45, 7) is 4.50. The van der Waals surface area contributed by atoms with E-state index in [0.717, 1.165) is 17.0 Å². The lowest BCUT2D eigenvalue weighted by Crippen LogP contribution is -2.11. The predicted molar refractivity (Wildman–Crippen MR) is 121 cm³/mol. The van der Waals surface area contributed by atoms with Gasteiger partial charge in [-0.15, -0.1) is 0 Å². The molecule has 0 atom stereocenters. The van der Waals surface area contributed by atoms with E-state index >= 15 is 0 Å². The molecule has 6 heteroatoms. The third kappa shape index (κ3) is 4.87. The lowest BCUT2D eigenvalue weighted by molar-refractivity contribution is 0.102. The monoisotopic (exact) mass is 413 g/mol. The van der Waals surface area contributed by atoms with E-state index in [4.69, 9.17) is 18.9 Å². The Balaban J connectivity index is 2.51. The van der Waals surface area contributed by atoms with Gasteiger partial charge in [0.05, 0.1) is 39.2 Å². The second-order valence-corrected chi connectivity index (χ2v) is 6.79. The Kier molecular flexibility index (Phi) is 8.16. The Morgan fingerprint density at radius 1 is 0.933 bits per heavy atom. The third-order valence-corrected chi connectivity index (χ3v) is 4.73. The number of ketones is 1. The molecule has 0 heterocycles. The Labute approximate surface area is 179 Å². The second kappa shape index (κ2) is 10.6. The van der Waals surface area contributed by atoms with Crippen molar-refractivity contribution in [3.8, 4) is 23.0 Å². The Hall–Kier alpha value is -3.15. The Morgan fingerprint density at radius 2 is 1.60 bits per heavy atom. The lowest BCUT2D eigenvalue weighted by atomic mass is 9.97. The van der Waals surface area contributed by atoms with Gasteiger partial charge in [-0.3, -0.25) is 4.79 Å². The smallest absolute Gasteiger partial charge is 0.204 e. The highest BCUT2D eigenvalue weighted by Crippen LogP contribution is 2.41. The number of carbonyl (C=O) groups excluding carboxylic acids is 1. The van der Waals surface area contributed by atoms with Crippen LogP contribution in [0.25, 0.3) is 6.08 Å². The van der Waals surface area contributed by atoms with Gasteiger partial charge in [0.15, 0.2) is 17.3 Å². The molecule has 2 rings (SSSR count). The summed E-state index contributed by atoms with van der Waals surface area (Å²) < 4.78 is 21.9. The van der Waals surface area contributed by atoms with Crippen LogP contribution >= 0.6 is 0 Å². The van der Waals surface area contributed by atoms with Gasteiger partial charge in [0.2, 0.25) is 5.75 Å². The van der Waals surface area contributed by atoms with Crippen LogP contribution in [-0.2, 0) is 0 Å². The van der Waals surface area contributed by atoms with Gasteiger partial charge in [0.25, 0.3) is 0 Å². The van der Waals surface area contributed by atoms with Crippen LogP contribution in [0.2, 0.25) is 0 Å². The first kappa shape index (κ1) is 23.1. The molecular weight excluding hydrogens is 382 g/mol. The molecule has 0 aliphatic rings. The van der Waals surface area contributed by atoms with E-state index in [1.54, 1.807) is 19.2 Å². The molecule has 0 amide bonds. The number of nitrogens with zero attached hydrogens (tertiary/aromatic N) is 1. The zero-order valence-corrected chi connectivity index (χ0v) is 18.9. The van der Waals surface area contributed by atoms with Crippen molar-refractivity contribution in [1.29, 1.82) is 0 Å². The highest BCUT2D eigenvalue weighted by atomic mass is 16.5. The summed E-state index contributed by atoms with van der Waals surface area (Å²) >= 11 is 0. The van der Waals surface area contributed by atoms with Crippen molar-refractivity contribution in [2.24, 2.45) is 0 Å². The molecule has 0 aromatic heterocycles. The van der Waals surface area contributed by atoms with Crippen molar-refractivity contribution in [3.05, 3.63) is 47.0 Å². The molecule has 0 N–H and O–H groups in total. The van der Waals surface area contributed by atoms with E-state index in [2.05, 4.69) is 0 Å². The average molecular weight is 414 g/mol. The first-order valence-electron chi connectivity index (χ1n) is 9.90. The summed E-state index contributed by atoms with van der Waals surface area (Å²) in [5.74, 6) is 1.97. The van der Waals surface area contributed by atoms with Crippen molar-refractivity contribution in [3.63, 3.8) is 0 Å². The van der Waals surface area contributed by atoms with Gasteiger partial charge in [-0.05, 0) is 49.2 Å². The summed E-state index contributed by atoms with van der Waals surface area (Å²) in [6, 6.07) is 9.31. The molecule has 30 heavy (non-hydrogen) atoms. The molecule has 2 aromatic rings. The number of benzene rings is 2. The number of rotatable bonds is 10. The standard InChI is InChI=1S/C24H31NO5/c1-8-17(14-16-10-12-20(30-9-2)19(15-16)25(3)4)22(26)18-11-13-21(27-5)24(29-7)23(18)28-6/h10-15H,8-9H2,1-7H3. The van der Waals surface area contributed by atoms with Gasteiger partial charge >= 0.3 is 0 Å². The summed E-state index contributed by atoms with van der Waals surface area (Å²) in [4.78, 5) is 15.3. The molecule has 0 radical (unpaired) electrons. The SMILES string of the molecule is CCOc1ccc(C=C(CC)C(=O)c2ccc(OC)c(OC)c2OC)cc1N(C)C. The number of allylic oxidation sites excluding steroid dienone is 1. The number of ether oxygens (including phenoxy) is 4. The quantitative estimate of drug-likeness (QED) is 0.410. The highest BCUT2D eigenvalue weighted by Gasteiger charge is 2.22. The minimum absolute atomic E-state index is 0.115. The van der Waals surface area contributed by atoms with E-state index in [0.29, 0.717) is 41.4 Å². The zero-order chi connectivity index (χ0) is 22.3. The minimum atomic E-state index is -0.115. The summed E-state index contributed by atoms with van der Waals surface area (Å²) in [5, 5.41) is 0. The Bertz CT molecular complexity index is 918. The zero-order valence-electron chi connectivity index (χ0n) is 18.9. The number of anilines is 1. The number of carbonyl (C=O) groups is 1. The fraction of sp³-hybridized carbons (Fsp3) is 0.375. The fourth-order valence-corrected chi connectivity index (χ4v) is 3.23. The van der Waals surface area contributed by atoms with Gasteiger partial charge in [0, 0.05) is 19.7 Å². The van der Waals surface area contributed by atoms with E-state index in [-0.39, 0.29) is 5.78 Å². The Morgan fingerprint density at radius 3 is 2.13 bits per heavy atom. The second-order valence-electron chi connectivity index (χ2n) is 6.79. The molecule has 0 unspecified atom stereocenters. The average Bonchev–Trinajstić information content (AvgIpc) is 2.76. The maximum absolute atomic E-state index is 13.3. The van der Waals surface area contributed by atoms with E-state index in [9.17, 15) is 4.79 Å². The van der Waals surface area contributed by atoms with Crippen LogP contribution in [0.5, 0.6) is 23.0 Å². The number of Topliss-reactive ketones (excluding diaryl/α,β-unsaturated/α-hetero) is 1. The van der Waals surface area contributed by atoms with Crippen LogP contribution < -0.4 is 23.8 Å². The van der Waals surface area contributed by atoms with Crippen molar-refractivity contribution in [2.75, 3.05) is 46.9 Å². The fourth-order valence-electron chi connectivity index (χ4n) is 3.23. The van der Waals surface area contributed by atoms with Crippen molar-refractivity contribution < 1.29 is 23.7 Å². The third-order valence-electron chi connectivity index (χ3n) is 4.73. The van der Waals surface area contributed by atoms with Crippen LogP contribution in [-0.4, -0.2) is 47.8 Å². The minimum Gasteiger partial charge on any atom is -0.493 e. The highest BCUT2D eigenvalue weighted by molar-refractivity contribution is 6.13. The molecule has 0 saturated heterocycles. The molecule has 0 fully saturated rings. The number of methoxy groups -OCH3 is 3. The van der Waals surface area contributed by atoms with E-state index < -0.39 is 0 Å². The lowest BCUT2D eigenvalue weighted by Gasteiger charge is -2.18. The molecule has 0 saturated carbocycles. The maximum atomic E-state index is 13.3. The van der Waals surface area contributed by atoms with Gasteiger partial charge < -0.3 is 23.8 Å². The number of hydrogen-bond donors (Lipinski definition) is 0. The van der Waals surface area contributed by atoms with Crippen LogP contribution in [0.3, 0.4) is 0 Å². The van der Waals surface area contributed by atoms with Crippen LogP contribution in [0.1, 0.15) is 36.2 Å². The van der Waals surface area contributed by atoms with Crippen molar-refractivity contribution in [2.45, 2.75) is 20.3 Å². The molecule has 2 aromatic carbocycles. The van der Waals surface area contributed by atoms with Gasteiger partial charge in [-0.25, -0.2) is 0 Å². The summed E-state index contributed by atoms with van der Waals surface area (Å²) in [6.07, 6.45) is 2.47. The van der Waals surface area contributed by atoms with Crippen molar-refractivity contribution >= 4 is 17.5 Å². The molecule has 162 valence electrons. The molecular formula is C24H31NO5. The van der Waals surface area contributed by atoms with Gasteiger partial charge in [-0.1, -0.05) is 13.0 Å². The van der Waals surface area contributed by atoms with Gasteiger partial charge in [0.1, 0.15) is 5.75 Å². The molecule has 0 bridgehead atoms. The summed E-state index contributed by atoms with van der Waals surface area (Å²) in [7, 11) is 8.51. The van der Waals surface area contributed by atoms with Crippen LogP contribution in [0.15, 0.2) is 35.9 Å². The van der Waals surface area contributed by atoms with E-state index in [1.165, 1.54) is 14.2 Å². The maximum Gasteiger partial charge on any atom is 0.204 e. The van der Waals surface area contributed by atoms with Crippen LogP contribution in [0, 0.1) is 0 Å². The predicted octanol–water partition coefficient (Wildman–Crippen LogP) is 4.85. The topological polar surface area (TPSA) is 57.2 Å². The summed E-state index contributed by atoms with van der Waals surface area (Å²) in [5.41, 5.74) is 2.97. The van der Waals surface area contributed by atoms with Crippen molar-refractivity contribution in [1.82, 2.24) is 0 Å². The normalized spacial score (nSPS) is 11.1. The van der Waals surface area contributed by atoms with E-state index in [1.807, 2.05) is 57.1 Å². The molecule has 6 nitrogen and oxygen atoms in total. The van der Waals surface area contributed by atoms with Crippen LogP contribution in [0.4, 0.5) is 5.69 Å². The number of hydrogen-bond acceptors (Lipinski definition) is 6. The van der Waals surface area contributed by atoms with Gasteiger partial charge in [-0.2, -0.15) is 0 Å².